The average molecular weight is 364 g/mol. The molecule has 0 aliphatic carbocycles. The van der Waals surface area contributed by atoms with Crippen LogP contribution in [0.3, 0.4) is 0 Å². The predicted molar refractivity (Wildman–Crippen MR) is 108 cm³/mol. The van der Waals surface area contributed by atoms with Gasteiger partial charge >= 0.3 is 5.97 Å². The summed E-state index contributed by atoms with van der Waals surface area (Å²) in [5, 5.41) is 2.31. The van der Waals surface area contributed by atoms with E-state index in [4.69, 9.17) is 21.7 Å². The van der Waals surface area contributed by atoms with E-state index >= 15 is 0 Å². The number of esters is 1. The number of rotatable bonds is 4. The molecule has 0 fully saturated rings. The SMILES string of the molecule is COc1ccc2cc([C@H](C)C(=O)OC(=S)c3ccc(C)cc3)ccc2c1. The standard InChI is InChI=1S/C22H20O3S/c1-14-4-6-16(7-5-14)22(26)25-21(23)15(2)17-8-9-19-13-20(24-3)11-10-18(19)12-17/h4-13,15H,1-3H3/t15-/m0/s1. The quantitative estimate of drug-likeness (QED) is 0.472. The van der Waals surface area contributed by atoms with E-state index in [-0.39, 0.29) is 11.0 Å². The number of carbonyl (C=O) groups excluding carboxylic acids is 1. The molecule has 3 nitrogen and oxygen atoms in total. The molecule has 0 spiro atoms. The molecule has 0 bridgehead atoms. The van der Waals surface area contributed by atoms with E-state index in [1.165, 1.54) is 0 Å². The molecule has 3 aromatic rings. The molecule has 0 N–H and O–H groups in total. The summed E-state index contributed by atoms with van der Waals surface area (Å²) < 4.78 is 10.7. The molecule has 0 aliphatic rings. The monoisotopic (exact) mass is 364 g/mol. The van der Waals surface area contributed by atoms with Gasteiger partial charge in [-0.2, -0.15) is 0 Å². The topological polar surface area (TPSA) is 35.5 Å². The minimum absolute atomic E-state index is 0.201. The van der Waals surface area contributed by atoms with Gasteiger partial charge in [-0.1, -0.05) is 54.1 Å². The van der Waals surface area contributed by atoms with Crippen molar-refractivity contribution >= 4 is 34.0 Å². The largest absolute Gasteiger partial charge is 0.497 e. The summed E-state index contributed by atoms with van der Waals surface area (Å²) in [5.74, 6) is 0.0366. The zero-order valence-electron chi connectivity index (χ0n) is 15.0. The molecular formula is C22H20O3S. The number of benzene rings is 3. The van der Waals surface area contributed by atoms with E-state index < -0.39 is 5.92 Å². The van der Waals surface area contributed by atoms with Crippen LogP contribution in [0.2, 0.25) is 0 Å². The van der Waals surface area contributed by atoms with Crippen LogP contribution < -0.4 is 4.74 Å². The molecule has 1 atom stereocenters. The third-order valence-corrected chi connectivity index (χ3v) is 4.72. The first kappa shape index (κ1) is 18.1. The molecule has 3 aromatic carbocycles. The van der Waals surface area contributed by atoms with Gasteiger partial charge in [-0.15, -0.1) is 0 Å². The Balaban J connectivity index is 1.76. The second-order valence-corrected chi connectivity index (χ2v) is 6.64. The molecule has 132 valence electrons. The number of methoxy groups -OCH3 is 1. The molecule has 0 radical (unpaired) electrons. The predicted octanol–water partition coefficient (Wildman–Crippen LogP) is 5.18. The van der Waals surface area contributed by atoms with E-state index in [9.17, 15) is 4.79 Å². The summed E-state index contributed by atoms with van der Waals surface area (Å²) >= 11 is 5.26. The van der Waals surface area contributed by atoms with Gasteiger partial charge in [-0.05, 0) is 54.5 Å². The highest BCUT2D eigenvalue weighted by molar-refractivity contribution is 7.80. The van der Waals surface area contributed by atoms with Gasteiger partial charge in [-0.25, -0.2) is 0 Å². The summed E-state index contributed by atoms with van der Waals surface area (Å²) in [7, 11) is 1.64. The first-order chi connectivity index (χ1) is 12.5. The lowest BCUT2D eigenvalue weighted by Gasteiger charge is -2.13. The van der Waals surface area contributed by atoms with E-state index in [1.807, 2.05) is 74.5 Å². The number of hydrogen-bond acceptors (Lipinski definition) is 4. The van der Waals surface area contributed by atoms with Crippen LogP contribution in [0, 0.1) is 6.92 Å². The van der Waals surface area contributed by atoms with Gasteiger partial charge in [0.05, 0.1) is 13.0 Å². The summed E-state index contributed by atoms with van der Waals surface area (Å²) in [4.78, 5) is 12.5. The van der Waals surface area contributed by atoms with Crippen molar-refractivity contribution < 1.29 is 14.3 Å². The smallest absolute Gasteiger partial charge is 0.319 e. The number of ether oxygens (including phenoxy) is 2. The van der Waals surface area contributed by atoms with Crippen molar-refractivity contribution in [1.82, 2.24) is 0 Å². The van der Waals surface area contributed by atoms with Crippen molar-refractivity contribution in [2.24, 2.45) is 0 Å². The van der Waals surface area contributed by atoms with Crippen LogP contribution in [0.15, 0.2) is 60.7 Å². The molecule has 26 heavy (non-hydrogen) atoms. The lowest BCUT2D eigenvalue weighted by Crippen LogP contribution is -2.17. The molecule has 0 saturated carbocycles. The highest BCUT2D eigenvalue weighted by atomic mass is 32.1. The number of fused-ring (bicyclic) bond motifs is 1. The summed E-state index contributed by atoms with van der Waals surface area (Å²) in [6, 6.07) is 19.4. The van der Waals surface area contributed by atoms with Gasteiger partial charge in [0.15, 0.2) is 0 Å². The van der Waals surface area contributed by atoms with Crippen LogP contribution in [-0.4, -0.2) is 18.1 Å². The number of carbonyl (C=O) groups is 1. The number of aryl methyl sites for hydroxylation is 1. The average Bonchev–Trinajstić information content (AvgIpc) is 2.66. The van der Waals surface area contributed by atoms with Crippen molar-refractivity contribution in [3.63, 3.8) is 0 Å². The highest BCUT2D eigenvalue weighted by Crippen LogP contribution is 2.26. The van der Waals surface area contributed by atoms with Crippen molar-refractivity contribution in [2.45, 2.75) is 19.8 Å². The normalized spacial score (nSPS) is 11.8. The van der Waals surface area contributed by atoms with E-state index in [2.05, 4.69) is 0 Å². The van der Waals surface area contributed by atoms with Crippen LogP contribution in [0.4, 0.5) is 0 Å². The van der Waals surface area contributed by atoms with Crippen molar-refractivity contribution in [3.8, 4) is 5.75 Å². The minimum Gasteiger partial charge on any atom is -0.497 e. The van der Waals surface area contributed by atoms with Crippen LogP contribution >= 0.6 is 12.2 Å². The molecule has 0 saturated heterocycles. The molecule has 3 rings (SSSR count). The molecule has 0 aromatic heterocycles. The fourth-order valence-electron chi connectivity index (χ4n) is 2.70. The Labute approximate surface area is 158 Å². The maximum absolute atomic E-state index is 12.5. The fourth-order valence-corrected chi connectivity index (χ4v) is 2.92. The van der Waals surface area contributed by atoms with Crippen LogP contribution in [-0.2, 0) is 9.53 Å². The molecule has 0 amide bonds. The third kappa shape index (κ3) is 3.92. The Bertz CT molecular complexity index is 961. The first-order valence-corrected chi connectivity index (χ1v) is 8.79. The Morgan fingerprint density at radius 3 is 2.31 bits per heavy atom. The Morgan fingerprint density at radius 1 is 0.962 bits per heavy atom. The van der Waals surface area contributed by atoms with Gasteiger partial charge in [0, 0.05) is 5.56 Å². The van der Waals surface area contributed by atoms with Gasteiger partial charge in [-0.3, -0.25) is 4.79 Å². The molecular weight excluding hydrogens is 344 g/mol. The second kappa shape index (κ2) is 7.67. The Morgan fingerprint density at radius 2 is 1.62 bits per heavy atom. The molecule has 0 aliphatic heterocycles. The zero-order chi connectivity index (χ0) is 18.7. The Hall–Kier alpha value is -2.72. The Kier molecular flexibility index (Phi) is 5.33. The number of thiocarbonyl (C=S) groups is 1. The molecule has 0 unspecified atom stereocenters. The number of hydrogen-bond donors (Lipinski definition) is 0. The van der Waals surface area contributed by atoms with E-state index in [0.29, 0.717) is 0 Å². The lowest BCUT2D eigenvalue weighted by molar-refractivity contribution is -0.136. The molecule has 4 heteroatoms. The van der Waals surface area contributed by atoms with Gasteiger partial charge < -0.3 is 9.47 Å². The van der Waals surface area contributed by atoms with Gasteiger partial charge in [0.2, 0.25) is 5.05 Å². The maximum Gasteiger partial charge on any atom is 0.319 e. The van der Waals surface area contributed by atoms with E-state index in [0.717, 1.165) is 33.2 Å². The van der Waals surface area contributed by atoms with Gasteiger partial charge in [0.1, 0.15) is 5.75 Å². The van der Waals surface area contributed by atoms with E-state index in [1.54, 1.807) is 7.11 Å². The summed E-state index contributed by atoms with van der Waals surface area (Å²) in [5.41, 5.74) is 2.75. The molecule has 0 heterocycles. The van der Waals surface area contributed by atoms with Crippen LogP contribution in [0.1, 0.15) is 29.5 Å². The lowest BCUT2D eigenvalue weighted by atomic mass is 9.98. The zero-order valence-corrected chi connectivity index (χ0v) is 15.8. The van der Waals surface area contributed by atoms with Gasteiger partial charge in [0.25, 0.3) is 0 Å². The van der Waals surface area contributed by atoms with Crippen molar-refractivity contribution in [2.75, 3.05) is 7.11 Å². The van der Waals surface area contributed by atoms with Crippen LogP contribution in [0.5, 0.6) is 5.75 Å². The highest BCUT2D eigenvalue weighted by Gasteiger charge is 2.19. The minimum atomic E-state index is -0.412. The second-order valence-electron chi connectivity index (χ2n) is 6.27. The van der Waals surface area contributed by atoms with Crippen molar-refractivity contribution in [3.05, 3.63) is 77.4 Å². The summed E-state index contributed by atoms with van der Waals surface area (Å²) in [6.45, 7) is 3.82. The van der Waals surface area contributed by atoms with Crippen LogP contribution in [0.25, 0.3) is 10.8 Å². The third-order valence-electron chi connectivity index (χ3n) is 4.41. The summed E-state index contributed by atoms with van der Waals surface area (Å²) in [6.07, 6.45) is 0. The first-order valence-electron chi connectivity index (χ1n) is 8.38. The van der Waals surface area contributed by atoms with Crippen molar-refractivity contribution in [1.29, 1.82) is 0 Å². The maximum atomic E-state index is 12.5. The fraction of sp³-hybridized carbons (Fsp3) is 0.182.